The van der Waals surface area contributed by atoms with E-state index < -0.39 is 0 Å². The zero-order chi connectivity index (χ0) is 13.8. The molecular weight excluding hydrogens is 260 g/mol. The summed E-state index contributed by atoms with van der Waals surface area (Å²) in [5, 5.41) is 1.45. The van der Waals surface area contributed by atoms with Gasteiger partial charge in [-0.3, -0.25) is 4.79 Å². The maximum Gasteiger partial charge on any atom is 0.272 e. The van der Waals surface area contributed by atoms with Crippen LogP contribution in [0.5, 0.6) is 0 Å². The number of fused-ring (bicyclic) bond motifs is 1. The summed E-state index contributed by atoms with van der Waals surface area (Å²) in [5.74, 6) is -0.0583. The van der Waals surface area contributed by atoms with Gasteiger partial charge in [0.25, 0.3) is 5.91 Å². The Balaban J connectivity index is 2.42. The molecule has 0 spiro atoms. The van der Waals surface area contributed by atoms with Crippen LogP contribution >= 0.6 is 11.6 Å². The molecule has 0 aliphatic heterocycles. The van der Waals surface area contributed by atoms with Crippen LogP contribution in [0.2, 0.25) is 5.02 Å². The van der Waals surface area contributed by atoms with Gasteiger partial charge in [-0.1, -0.05) is 36.7 Å². The molecular formula is C15H17ClN2O. The predicted molar refractivity (Wildman–Crippen MR) is 78.6 cm³/mol. The third-order valence-corrected chi connectivity index (χ3v) is 3.36. The van der Waals surface area contributed by atoms with Crippen LogP contribution in [-0.4, -0.2) is 28.9 Å². The van der Waals surface area contributed by atoms with E-state index in [1.165, 1.54) is 0 Å². The number of hydrogen-bond acceptors (Lipinski definition) is 2. The lowest BCUT2D eigenvalue weighted by Crippen LogP contribution is -2.32. The highest BCUT2D eigenvalue weighted by molar-refractivity contribution is 6.35. The number of aromatic nitrogens is 1. The van der Waals surface area contributed by atoms with Gasteiger partial charge in [-0.25, -0.2) is 4.98 Å². The number of amides is 1. The minimum absolute atomic E-state index is 0.0583. The molecule has 0 atom stereocenters. The van der Waals surface area contributed by atoms with Crippen molar-refractivity contribution < 1.29 is 4.79 Å². The van der Waals surface area contributed by atoms with Gasteiger partial charge in [0, 0.05) is 18.5 Å². The van der Waals surface area contributed by atoms with Crippen LogP contribution in [0.15, 0.2) is 30.3 Å². The van der Waals surface area contributed by atoms with E-state index in [0.29, 0.717) is 17.3 Å². The fraction of sp³-hybridized carbons (Fsp3) is 0.333. The number of rotatable bonds is 4. The number of benzene rings is 1. The van der Waals surface area contributed by atoms with Gasteiger partial charge in [0.15, 0.2) is 0 Å². The Bertz CT molecular complexity index is 598. The van der Waals surface area contributed by atoms with Crippen molar-refractivity contribution >= 4 is 28.4 Å². The monoisotopic (exact) mass is 276 g/mol. The fourth-order valence-electron chi connectivity index (χ4n) is 2.08. The average Bonchev–Trinajstić information content (AvgIpc) is 2.44. The zero-order valence-electron chi connectivity index (χ0n) is 11.2. The van der Waals surface area contributed by atoms with Gasteiger partial charge in [0.1, 0.15) is 5.69 Å². The maximum atomic E-state index is 12.4. The molecule has 0 fully saturated rings. The topological polar surface area (TPSA) is 33.2 Å². The summed E-state index contributed by atoms with van der Waals surface area (Å²) in [4.78, 5) is 18.6. The minimum Gasteiger partial charge on any atom is -0.338 e. The van der Waals surface area contributed by atoms with Gasteiger partial charge in [0.2, 0.25) is 0 Å². The number of nitrogens with zero attached hydrogens (tertiary/aromatic N) is 2. The number of para-hydroxylation sites is 1. The Morgan fingerprint density at radius 2 is 2.05 bits per heavy atom. The minimum atomic E-state index is -0.0583. The number of pyridine rings is 1. The fourth-order valence-corrected chi connectivity index (χ4v) is 2.34. The molecule has 1 amide bonds. The molecule has 2 rings (SSSR count). The van der Waals surface area contributed by atoms with Crippen molar-refractivity contribution in [2.75, 3.05) is 13.1 Å². The Kier molecular flexibility index (Phi) is 4.38. The molecule has 1 heterocycles. The van der Waals surface area contributed by atoms with Crippen molar-refractivity contribution in [2.24, 2.45) is 0 Å². The van der Waals surface area contributed by atoms with E-state index in [1.807, 2.05) is 31.2 Å². The summed E-state index contributed by atoms with van der Waals surface area (Å²) >= 11 is 6.22. The molecule has 0 saturated heterocycles. The van der Waals surface area contributed by atoms with Crippen molar-refractivity contribution in [3.63, 3.8) is 0 Å². The Hall–Kier alpha value is -1.61. The summed E-state index contributed by atoms with van der Waals surface area (Å²) in [6.07, 6.45) is 0.931. The first-order valence-electron chi connectivity index (χ1n) is 6.52. The Morgan fingerprint density at radius 3 is 2.74 bits per heavy atom. The highest BCUT2D eigenvalue weighted by atomic mass is 35.5. The number of carbonyl (C=O) groups excluding carboxylic acids is 1. The molecule has 0 saturated carbocycles. The summed E-state index contributed by atoms with van der Waals surface area (Å²) in [6, 6.07) is 9.23. The number of carbonyl (C=O) groups is 1. The summed E-state index contributed by atoms with van der Waals surface area (Å²) in [5.41, 5.74) is 1.17. The van der Waals surface area contributed by atoms with Gasteiger partial charge < -0.3 is 4.90 Å². The predicted octanol–water partition coefficient (Wildman–Crippen LogP) is 3.76. The first-order chi connectivity index (χ1) is 9.17. The van der Waals surface area contributed by atoms with E-state index in [4.69, 9.17) is 11.6 Å². The Morgan fingerprint density at radius 1 is 1.32 bits per heavy atom. The van der Waals surface area contributed by atoms with Crippen molar-refractivity contribution in [1.29, 1.82) is 0 Å². The SMILES string of the molecule is CCCN(CC)C(=O)c1cc(Cl)c2ccccc2n1. The lowest BCUT2D eigenvalue weighted by molar-refractivity contribution is 0.0759. The Labute approximate surface area is 118 Å². The molecule has 1 aromatic heterocycles. The van der Waals surface area contributed by atoms with Crippen LogP contribution < -0.4 is 0 Å². The second kappa shape index (κ2) is 6.02. The normalized spacial score (nSPS) is 10.7. The van der Waals surface area contributed by atoms with E-state index >= 15 is 0 Å². The van der Waals surface area contributed by atoms with Crippen LogP contribution in [0.1, 0.15) is 30.8 Å². The van der Waals surface area contributed by atoms with Crippen LogP contribution in [0.4, 0.5) is 0 Å². The van der Waals surface area contributed by atoms with Crippen LogP contribution in [0.3, 0.4) is 0 Å². The van der Waals surface area contributed by atoms with E-state index in [9.17, 15) is 4.79 Å². The molecule has 3 nitrogen and oxygen atoms in total. The molecule has 100 valence electrons. The van der Waals surface area contributed by atoms with Gasteiger partial charge in [-0.05, 0) is 25.5 Å². The lowest BCUT2D eigenvalue weighted by Gasteiger charge is -2.19. The number of halogens is 1. The number of hydrogen-bond donors (Lipinski definition) is 0. The molecule has 4 heteroatoms. The van der Waals surface area contributed by atoms with E-state index in [0.717, 1.165) is 23.9 Å². The molecule has 2 aromatic rings. The highest BCUT2D eigenvalue weighted by Gasteiger charge is 2.16. The molecule has 0 unspecified atom stereocenters. The average molecular weight is 277 g/mol. The van der Waals surface area contributed by atoms with Crippen molar-refractivity contribution in [1.82, 2.24) is 9.88 Å². The summed E-state index contributed by atoms with van der Waals surface area (Å²) in [6.45, 7) is 5.44. The van der Waals surface area contributed by atoms with Crippen molar-refractivity contribution in [2.45, 2.75) is 20.3 Å². The maximum absolute atomic E-state index is 12.4. The van der Waals surface area contributed by atoms with E-state index in [1.54, 1.807) is 11.0 Å². The molecule has 0 bridgehead atoms. The molecule has 0 aliphatic rings. The third-order valence-electron chi connectivity index (χ3n) is 3.05. The standard InChI is InChI=1S/C15H17ClN2O/c1-3-9-18(4-2)15(19)14-10-12(16)11-7-5-6-8-13(11)17-14/h5-8,10H,3-4,9H2,1-2H3. The smallest absolute Gasteiger partial charge is 0.272 e. The first kappa shape index (κ1) is 13.8. The van der Waals surface area contributed by atoms with E-state index in [-0.39, 0.29) is 5.91 Å². The lowest BCUT2D eigenvalue weighted by atomic mass is 10.2. The van der Waals surface area contributed by atoms with Crippen LogP contribution in [-0.2, 0) is 0 Å². The van der Waals surface area contributed by atoms with Gasteiger partial charge in [0.05, 0.1) is 10.5 Å². The molecule has 19 heavy (non-hydrogen) atoms. The third kappa shape index (κ3) is 2.87. The molecule has 0 radical (unpaired) electrons. The van der Waals surface area contributed by atoms with Gasteiger partial charge in [-0.2, -0.15) is 0 Å². The van der Waals surface area contributed by atoms with E-state index in [2.05, 4.69) is 11.9 Å². The summed E-state index contributed by atoms with van der Waals surface area (Å²) in [7, 11) is 0. The molecule has 1 aromatic carbocycles. The molecule has 0 aliphatic carbocycles. The van der Waals surface area contributed by atoms with Crippen LogP contribution in [0.25, 0.3) is 10.9 Å². The second-order valence-corrected chi connectivity index (χ2v) is 4.80. The van der Waals surface area contributed by atoms with Crippen molar-refractivity contribution in [3.8, 4) is 0 Å². The van der Waals surface area contributed by atoms with Crippen molar-refractivity contribution in [3.05, 3.63) is 41.0 Å². The van der Waals surface area contributed by atoms with Gasteiger partial charge in [-0.15, -0.1) is 0 Å². The first-order valence-corrected chi connectivity index (χ1v) is 6.89. The highest BCUT2D eigenvalue weighted by Crippen LogP contribution is 2.23. The zero-order valence-corrected chi connectivity index (χ0v) is 11.9. The van der Waals surface area contributed by atoms with Crippen LogP contribution in [0, 0.1) is 0 Å². The quantitative estimate of drug-likeness (QED) is 0.852. The largest absolute Gasteiger partial charge is 0.338 e. The second-order valence-electron chi connectivity index (χ2n) is 4.39. The molecule has 0 N–H and O–H groups in total. The summed E-state index contributed by atoms with van der Waals surface area (Å²) < 4.78 is 0. The van der Waals surface area contributed by atoms with Gasteiger partial charge >= 0.3 is 0 Å².